The van der Waals surface area contributed by atoms with Gasteiger partial charge in [-0.15, -0.1) is 0 Å². The Kier molecular flexibility index (Phi) is 7.18. The fourth-order valence-electron chi connectivity index (χ4n) is 2.92. The van der Waals surface area contributed by atoms with E-state index in [-0.39, 0.29) is 12.4 Å². The highest BCUT2D eigenvalue weighted by Crippen LogP contribution is 2.16. The molecule has 5 heteroatoms. The number of halogens is 1. The highest BCUT2D eigenvalue weighted by Gasteiger charge is 2.11. The average molecular weight is 415 g/mol. The second-order valence-corrected chi connectivity index (χ2v) is 7.14. The molecule has 0 radical (unpaired) electrons. The maximum absolute atomic E-state index is 13.0. The van der Waals surface area contributed by atoms with E-state index >= 15 is 0 Å². The van der Waals surface area contributed by atoms with Gasteiger partial charge in [0.1, 0.15) is 18.2 Å². The Hall–Kier alpha value is -3.91. The van der Waals surface area contributed by atoms with Crippen molar-refractivity contribution >= 4 is 11.7 Å². The van der Waals surface area contributed by atoms with Crippen LogP contribution in [0.1, 0.15) is 29.2 Å². The Morgan fingerprint density at radius 2 is 1.58 bits per heavy atom. The van der Waals surface area contributed by atoms with Crippen molar-refractivity contribution < 1.29 is 19.0 Å². The second kappa shape index (κ2) is 10.2. The molecule has 0 aromatic heterocycles. The van der Waals surface area contributed by atoms with Gasteiger partial charge >= 0.3 is 5.97 Å². The van der Waals surface area contributed by atoms with E-state index in [4.69, 9.17) is 15.3 Å². The summed E-state index contributed by atoms with van der Waals surface area (Å²) in [5.41, 5.74) is 3.46. The average Bonchev–Trinajstić information content (AvgIpc) is 2.78. The first-order valence-electron chi connectivity index (χ1n) is 9.80. The molecule has 31 heavy (non-hydrogen) atoms. The smallest absolute Gasteiger partial charge is 0.306 e. The monoisotopic (exact) mass is 415 g/mol. The summed E-state index contributed by atoms with van der Waals surface area (Å²) in [5.74, 6) is 5.06. The van der Waals surface area contributed by atoms with Crippen LogP contribution in [0.25, 0.3) is 0 Å². The quantitative estimate of drug-likeness (QED) is 0.424. The number of carboxylic acid groups (broad SMARTS) is 1. The maximum Gasteiger partial charge on any atom is 0.306 e. The zero-order chi connectivity index (χ0) is 22.2. The molecule has 4 nitrogen and oxygen atoms in total. The molecule has 2 N–H and O–H groups in total. The number of hydrogen-bond donors (Lipinski definition) is 2. The molecule has 0 saturated carbocycles. The minimum absolute atomic E-state index is 0.215. The third-order valence-corrected chi connectivity index (χ3v) is 4.74. The van der Waals surface area contributed by atoms with Crippen LogP contribution in [0, 0.1) is 29.0 Å². The van der Waals surface area contributed by atoms with Crippen LogP contribution < -0.4 is 4.74 Å². The van der Waals surface area contributed by atoms with Gasteiger partial charge < -0.3 is 9.84 Å². The van der Waals surface area contributed by atoms with E-state index < -0.39 is 11.9 Å². The highest BCUT2D eigenvalue weighted by atomic mass is 19.1. The van der Waals surface area contributed by atoms with E-state index in [0.717, 1.165) is 11.1 Å². The highest BCUT2D eigenvalue weighted by molar-refractivity contribution is 6.10. The summed E-state index contributed by atoms with van der Waals surface area (Å²) in [6.07, 6.45) is 0.487. The molecule has 0 bridgehead atoms. The van der Waals surface area contributed by atoms with Gasteiger partial charge in [-0.1, -0.05) is 30.9 Å². The van der Waals surface area contributed by atoms with E-state index in [0.29, 0.717) is 29.0 Å². The molecule has 0 fully saturated rings. The van der Waals surface area contributed by atoms with E-state index in [1.807, 2.05) is 24.3 Å². The Bertz CT molecular complexity index is 1110. The Balaban J connectivity index is 1.52. The van der Waals surface area contributed by atoms with E-state index in [9.17, 15) is 9.18 Å². The van der Waals surface area contributed by atoms with E-state index in [1.54, 1.807) is 43.3 Å². The first-order chi connectivity index (χ1) is 14.9. The Morgan fingerprint density at radius 3 is 2.16 bits per heavy atom. The molecule has 156 valence electrons. The molecule has 0 aliphatic carbocycles. The van der Waals surface area contributed by atoms with Crippen molar-refractivity contribution in [3.05, 3.63) is 101 Å². The number of hydrogen-bond acceptors (Lipinski definition) is 3. The van der Waals surface area contributed by atoms with Crippen LogP contribution in [0.2, 0.25) is 0 Å². The molecular formula is C26H22FNO3. The van der Waals surface area contributed by atoms with Gasteiger partial charge in [0.25, 0.3) is 0 Å². The number of ether oxygens (including phenoxy) is 1. The summed E-state index contributed by atoms with van der Waals surface area (Å²) in [6, 6.07) is 20.5. The zero-order valence-electron chi connectivity index (χ0n) is 17.1. The van der Waals surface area contributed by atoms with E-state index in [2.05, 4.69) is 11.8 Å². The van der Waals surface area contributed by atoms with Gasteiger partial charge in [0.15, 0.2) is 0 Å². The normalized spacial score (nSPS) is 11.2. The molecule has 1 atom stereocenters. The van der Waals surface area contributed by atoms with Gasteiger partial charge in [-0.2, -0.15) is 0 Å². The summed E-state index contributed by atoms with van der Waals surface area (Å²) >= 11 is 0. The summed E-state index contributed by atoms with van der Waals surface area (Å²) < 4.78 is 18.7. The van der Waals surface area contributed by atoms with Gasteiger partial charge in [0, 0.05) is 16.7 Å². The predicted molar refractivity (Wildman–Crippen MR) is 118 cm³/mol. The third-order valence-electron chi connectivity index (χ3n) is 4.74. The molecule has 0 spiro atoms. The van der Waals surface area contributed by atoms with E-state index in [1.165, 1.54) is 12.1 Å². The van der Waals surface area contributed by atoms with Gasteiger partial charge in [-0.3, -0.25) is 10.2 Å². The summed E-state index contributed by atoms with van der Waals surface area (Å²) in [7, 11) is 0. The summed E-state index contributed by atoms with van der Waals surface area (Å²) in [6.45, 7) is 1.90. The van der Waals surface area contributed by atoms with Gasteiger partial charge in [0.2, 0.25) is 0 Å². The van der Waals surface area contributed by atoms with Crippen molar-refractivity contribution in [1.82, 2.24) is 0 Å². The van der Waals surface area contributed by atoms with Crippen LogP contribution in [0.3, 0.4) is 0 Å². The summed E-state index contributed by atoms with van der Waals surface area (Å²) in [4.78, 5) is 10.9. The SMILES string of the molecule is C[C@@H](Cc1ccc(C#CCOc2ccc(C(=N)c3ccc(F)cc3)cc2)cc1)C(=O)O. The minimum Gasteiger partial charge on any atom is -0.481 e. The van der Waals surface area contributed by atoms with Crippen LogP contribution in [-0.4, -0.2) is 23.4 Å². The molecule has 3 aromatic carbocycles. The largest absolute Gasteiger partial charge is 0.481 e. The van der Waals surface area contributed by atoms with Crippen LogP contribution in [0.5, 0.6) is 5.75 Å². The lowest BCUT2D eigenvalue weighted by Crippen LogP contribution is -2.12. The van der Waals surface area contributed by atoms with Crippen molar-refractivity contribution in [3.8, 4) is 17.6 Å². The zero-order valence-corrected chi connectivity index (χ0v) is 17.1. The third kappa shape index (κ3) is 6.28. The molecule has 0 saturated heterocycles. The number of carbonyl (C=O) groups is 1. The Morgan fingerprint density at radius 1 is 1.00 bits per heavy atom. The van der Waals surface area contributed by atoms with Gasteiger partial charge in [0.05, 0.1) is 11.6 Å². The standard InChI is InChI=1S/C26H22FNO3/c1-18(26(29)30)17-20-6-4-19(5-7-20)3-2-16-31-24-14-10-22(11-15-24)25(28)21-8-12-23(27)13-9-21/h4-15,18,28H,16-17H2,1H3,(H,29,30)/t18-/m0/s1. The first kappa shape index (κ1) is 21.8. The fraction of sp³-hybridized carbons (Fsp3) is 0.154. The van der Waals surface area contributed by atoms with Crippen LogP contribution in [-0.2, 0) is 11.2 Å². The second-order valence-electron chi connectivity index (χ2n) is 7.14. The predicted octanol–water partition coefficient (Wildman–Crippen LogP) is 4.94. The Labute approximate surface area is 180 Å². The molecule has 0 aliphatic rings. The van der Waals surface area contributed by atoms with Crippen molar-refractivity contribution in [2.24, 2.45) is 5.92 Å². The number of benzene rings is 3. The topological polar surface area (TPSA) is 70.4 Å². The van der Waals surface area contributed by atoms with Gasteiger partial charge in [-0.25, -0.2) is 4.39 Å². The lowest BCUT2D eigenvalue weighted by molar-refractivity contribution is -0.141. The van der Waals surface area contributed by atoms with Crippen LogP contribution in [0.4, 0.5) is 4.39 Å². The molecular weight excluding hydrogens is 393 g/mol. The van der Waals surface area contributed by atoms with Gasteiger partial charge in [-0.05, 0) is 72.6 Å². The van der Waals surface area contributed by atoms with Crippen molar-refractivity contribution in [3.63, 3.8) is 0 Å². The first-order valence-corrected chi connectivity index (χ1v) is 9.80. The molecule has 0 aliphatic heterocycles. The molecule has 0 unspecified atom stereocenters. The van der Waals surface area contributed by atoms with Crippen molar-refractivity contribution in [2.45, 2.75) is 13.3 Å². The van der Waals surface area contributed by atoms with Crippen LogP contribution >= 0.6 is 0 Å². The van der Waals surface area contributed by atoms with Crippen molar-refractivity contribution in [2.75, 3.05) is 6.61 Å². The number of aliphatic carboxylic acids is 1. The van der Waals surface area contributed by atoms with Crippen LogP contribution in [0.15, 0.2) is 72.8 Å². The number of carboxylic acids is 1. The lowest BCUT2D eigenvalue weighted by atomic mass is 10.0. The van der Waals surface area contributed by atoms with Crippen molar-refractivity contribution in [1.29, 1.82) is 5.41 Å². The fourth-order valence-corrected chi connectivity index (χ4v) is 2.92. The lowest BCUT2D eigenvalue weighted by Gasteiger charge is -2.07. The summed E-state index contributed by atoms with van der Waals surface area (Å²) in [5, 5.41) is 17.2. The number of rotatable bonds is 7. The molecule has 0 heterocycles. The molecule has 0 amide bonds. The molecule has 3 rings (SSSR count). The maximum atomic E-state index is 13.0. The molecule has 3 aromatic rings. The number of nitrogens with one attached hydrogen (secondary N) is 1. The minimum atomic E-state index is -0.804.